The van der Waals surface area contributed by atoms with E-state index in [9.17, 15) is 10.1 Å². The molecule has 0 aromatic rings. The molecule has 0 spiro atoms. The zero-order chi connectivity index (χ0) is 15.7. The number of nitrogens with one attached hydrogen (secondary N) is 1. The minimum absolute atomic E-state index is 0.0954. The summed E-state index contributed by atoms with van der Waals surface area (Å²) in [5, 5.41) is 32.0. The van der Waals surface area contributed by atoms with Crippen molar-refractivity contribution in [1.29, 1.82) is 0 Å². The molecule has 0 bridgehead atoms. The van der Waals surface area contributed by atoms with E-state index in [2.05, 4.69) is 10.3 Å². The fraction of sp³-hybridized carbons (Fsp3) is 0.769. The van der Waals surface area contributed by atoms with E-state index in [0.29, 0.717) is 0 Å². The second-order valence-electron chi connectivity index (χ2n) is 5.30. The van der Waals surface area contributed by atoms with Gasteiger partial charge in [-0.2, -0.15) is 0 Å². The van der Waals surface area contributed by atoms with Crippen molar-refractivity contribution in [1.82, 2.24) is 5.32 Å². The first kappa shape index (κ1) is 18.5. The fourth-order valence-electron chi connectivity index (χ4n) is 1.39. The van der Waals surface area contributed by atoms with Gasteiger partial charge >= 0.3 is 5.70 Å². The number of aliphatic hydroxyl groups excluding tert-OH is 2. The summed E-state index contributed by atoms with van der Waals surface area (Å²) < 4.78 is 0. The van der Waals surface area contributed by atoms with Crippen molar-refractivity contribution < 1.29 is 15.1 Å². The van der Waals surface area contributed by atoms with Crippen LogP contribution in [-0.4, -0.2) is 46.6 Å². The molecule has 0 fully saturated rings. The van der Waals surface area contributed by atoms with E-state index in [1.54, 1.807) is 0 Å². The molecule has 0 unspecified atom stereocenters. The Morgan fingerprint density at radius 3 is 2.20 bits per heavy atom. The summed E-state index contributed by atoms with van der Waals surface area (Å²) in [6, 6.07) is -0.617. The Kier molecular flexibility index (Phi) is 8.74. The van der Waals surface area contributed by atoms with Crippen LogP contribution in [0.5, 0.6) is 0 Å². The Bertz CT molecular complexity index is 354. The molecule has 0 saturated carbocycles. The number of hydrogen-bond acceptors (Lipinski definition) is 6. The van der Waals surface area contributed by atoms with Gasteiger partial charge in [0.1, 0.15) is 6.21 Å². The minimum Gasteiger partial charge on any atom is -0.394 e. The first-order chi connectivity index (χ1) is 9.33. The molecule has 0 aliphatic carbocycles. The summed E-state index contributed by atoms with van der Waals surface area (Å²) in [6.07, 6.45) is 2.38. The molecule has 0 aliphatic heterocycles. The van der Waals surface area contributed by atoms with Crippen LogP contribution in [0.15, 0.2) is 16.9 Å². The van der Waals surface area contributed by atoms with Gasteiger partial charge in [-0.3, -0.25) is 15.1 Å². The predicted octanol–water partition coefficient (Wildman–Crippen LogP) is 0.799. The molecule has 0 rings (SSSR count). The maximum Gasteiger partial charge on any atom is 0.302 e. The first-order valence-electron chi connectivity index (χ1n) is 6.68. The van der Waals surface area contributed by atoms with Gasteiger partial charge in [0.05, 0.1) is 36.4 Å². The molecular formula is C13H25N3O4. The Morgan fingerprint density at radius 1 is 1.25 bits per heavy atom. The normalized spacial score (nSPS) is 15.9. The largest absolute Gasteiger partial charge is 0.394 e. The summed E-state index contributed by atoms with van der Waals surface area (Å²) in [7, 11) is 0. The summed E-state index contributed by atoms with van der Waals surface area (Å²) in [4.78, 5) is 14.4. The third-order valence-corrected chi connectivity index (χ3v) is 3.01. The molecule has 2 atom stereocenters. The van der Waals surface area contributed by atoms with E-state index in [4.69, 9.17) is 10.2 Å². The molecule has 116 valence electrons. The lowest BCUT2D eigenvalue weighted by Gasteiger charge is -2.17. The van der Waals surface area contributed by atoms with Crippen molar-refractivity contribution in [2.75, 3.05) is 13.2 Å². The lowest BCUT2D eigenvalue weighted by Crippen LogP contribution is -2.34. The quantitative estimate of drug-likeness (QED) is 0.330. The summed E-state index contributed by atoms with van der Waals surface area (Å²) in [5.74, 6) is 0.236. The van der Waals surface area contributed by atoms with Crippen molar-refractivity contribution in [2.45, 2.75) is 39.8 Å². The van der Waals surface area contributed by atoms with E-state index in [1.807, 2.05) is 27.7 Å². The third kappa shape index (κ3) is 6.63. The van der Waals surface area contributed by atoms with Gasteiger partial charge in [0.2, 0.25) is 0 Å². The Balaban J connectivity index is 4.88. The van der Waals surface area contributed by atoms with Crippen LogP contribution in [0, 0.1) is 22.0 Å². The van der Waals surface area contributed by atoms with Gasteiger partial charge in [-0.15, -0.1) is 0 Å². The van der Waals surface area contributed by atoms with Crippen LogP contribution in [0.4, 0.5) is 0 Å². The second kappa shape index (κ2) is 9.44. The topological polar surface area (TPSA) is 108 Å². The summed E-state index contributed by atoms with van der Waals surface area (Å²) >= 11 is 0. The van der Waals surface area contributed by atoms with Crippen LogP contribution in [-0.2, 0) is 0 Å². The van der Waals surface area contributed by atoms with E-state index in [-0.39, 0.29) is 42.8 Å². The number of allylic oxidation sites excluding steroid dienone is 1. The van der Waals surface area contributed by atoms with Crippen LogP contribution < -0.4 is 5.32 Å². The van der Waals surface area contributed by atoms with E-state index in [0.717, 1.165) is 6.21 Å². The zero-order valence-corrected chi connectivity index (χ0v) is 12.5. The number of aliphatic hydroxyl groups is 2. The Labute approximate surface area is 119 Å². The highest BCUT2D eigenvalue weighted by molar-refractivity contribution is 5.75. The van der Waals surface area contributed by atoms with Crippen molar-refractivity contribution in [2.24, 2.45) is 16.8 Å². The maximum atomic E-state index is 10.9. The number of nitro groups is 1. The standard InChI is InChI=1S/C13H25N3O4/c1-9(2)12(7-17)14-5-11(16(19)20)6-15-13(8-18)10(3)4/h5-6,9-10,12-14,17-18H,7-8H2,1-4H3/b11-5+,15-6?/t12-,13-/m0/s1. The van der Waals surface area contributed by atoms with Gasteiger partial charge in [0, 0.05) is 0 Å². The lowest BCUT2D eigenvalue weighted by molar-refractivity contribution is -0.414. The molecular weight excluding hydrogens is 262 g/mol. The molecule has 0 saturated heterocycles. The highest BCUT2D eigenvalue weighted by Gasteiger charge is 2.15. The fourth-order valence-corrected chi connectivity index (χ4v) is 1.39. The van der Waals surface area contributed by atoms with Gasteiger partial charge in [-0.25, -0.2) is 0 Å². The van der Waals surface area contributed by atoms with Gasteiger partial charge in [0.25, 0.3) is 0 Å². The molecule has 0 aromatic carbocycles. The number of aliphatic imine (C=N–C) groups is 1. The molecule has 0 aromatic heterocycles. The number of nitrogens with zero attached hydrogens (tertiary/aromatic N) is 2. The molecule has 7 nitrogen and oxygen atoms in total. The van der Waals surface area contributed by atoms with Gasteiger partial charge in [-0.05, 0) is 11.8 Å². The average Bonchev–Trinajstić information content (AvgIpc) is 2.36. The Hall–Kier alpha value is -1.47. The minimum atomic E-state index is -0.556. The second-order valence-corrected chi connectivity index (χ2v) is 5.30. The molecule has 3 N–H and O–H groups in total. The van der Waals surface area contributed by atoms with Crippen molar-refractivity contribution >= 4 is 6.21 Å². The highest BCUT2D eigenvalue weighted by atomic mass is 16.6. The molecule has 0 radical (unpaired) electrons. The van der Waals surface area contributed by atoms with Gasteiger partial charge in [0.15, 0.2) is 0 Å². The molecule has 20 heavy (non-hydrogen) atoms. The smallest absolute Gasteiger partial charge is 0.302 e. The lowest BCUT2D eigenvalue weighted by atomic mass is 10.1. The average molecular weight is 287 g/mol. The zero-order valence-electron chi connectivity index (χ0n) is 12.5. The summed E-state index contributed by atoms with van der Waals surface area (Å²) in [6.45, 7) is 7.31. The SMILES string of the molecule is CC(C)[C@H](CO)N=C/C(=C\N[C@@H](CO)C(C)C)[N+](=O)[O-]. The van der Waals surface area contributed by atoms with Crippen LogP contribution in [0.2, 0.25) is 0 Å². The monoisotopic (exact) mass is 287 g/mol. The molecule has 0 aliphatic rings. The summed E-state index contributed by atoms with van der Waals surface area (Å²) in [5.41, 5.74) is -0.205. The van der Waals surface area contributed by atoms with Gasteiger partial charge in [-0.1, -0.05) is 27.7 Å². The van der Waals surface area contributed by atoms with Crippen LogP contribution >= 0.6 is 0 Å². The molecule has 0 heterocycles. The van der Waals surface area contributed by atoms with Crippen LogP contribution in [0.25, 0.3) is 0 Å². The van der Waals surface area contributed by atoms with E-state index >= 15 is 0 Å². The van der Waals surface area contributed by atoms with Crippen LogP contribution in [0.1, 0.15) is 27.7 Å². The number of rotatable bonds is 9. The van der Waals surface area contributed by atoms with E-state index < -0.39 is 4.92 Å². The third-order valence-electron chi connectivity index (χ3n) is 3.01. The first-order valence-corrected chi connectivity index (χ1v) is 6.68. The van der Waals surface area contributed by atoms with E-state index in [1.165, 1.54) is 6.20 Å². The Morgan fingerprint density at radius 2 is 1.85 bits per heavy atom. The van der Waals surface area contributed by atoms with Crippen molar-refractivity contribution in [3.8, 4) is 0 Å². The van der Waals surface area contributed by atoms with Crippen LogP contribution in [0.3, 0.4) is 0 Å². The highest BCUT2D eigenvalue weighted by Crippen LogP contribution is 2.06. The molecule has 7 heteroatoms. The number of hydrogen-bond donors (Lipinski definition) is 3. The predicted molar refractivity (Wildman–Crippen MR) is 78.1 cm³/mol. The van der Waals surface area contributed by atoms with Gasteiger partial charge < -0.3 is 15.5 Å². The van der Waals surface area contributed by atoms with Crippen molar-refractivity contribution in [3.05, 3.63) is 22.0 Å². The molecule has 0 amide bonds. The van der Waals surface area contributed by atoms with Crippen molar-refractivity contribution in [3.63, 3.8) is 0 Å². The maximum absolute atomic E-state index is 10.9.